The van der Waals surface area contributed by atoms with Gasteiger partial charge in [-0.15, -0.1) is 0 Å². The summed E-state index contributed by atoms with van der Waals surface area (Å²) in [5.41, 5.74) is -2.17. The van der Waals surface area contributed by atoms with E-state index in [-0.39, 0.29) is 0 Å². The number of amides is 1. The second-order valence-electron chi connectivity index (χ2n) is 7.24. The van der Waals surface area contributed by atoms with Crippen LogP contribution in [0.3, 0.4) is 0 Å². The van der Waals surface area contributed by atoms with Gasteiger partial charge < -0.3 is 19.4 Å². The highest BCUT2D eigenvalue weighted by molar-refractivity contribution is 5.91. The zero-order valence-electron chi connectivity index (χ0n) is 15.4. The smallest absolute Gasteiger partial charge is 0.421 e. The van der Waals surface area contributed by atoms with Crippen molar-refractivity contribution < 1.29 is 27.4 Å². The van der Waals surface area contributed by atoms with Crippen molar-refractivity contribution in [2.75, 3.05) is 5.32 Å². The number of benzene rings is 1. The van der Waals surface area contributed by atoms with Gasteiger partial charge in [0, 0.05) is 30.8 Å². The Morgan fingerprint density at radius 1 is 1.10 bits per heavy atom. The van der Waals surface area contributed by atoms with Gasteiger partial charge in [0.25, 0.3) is 11.3 Å². The quantitative estimate of drug-likeness (QED) is 0.835. The fraction of sp³-hybridized carbons (Fsp3) is 0.400. The van der Waals surface area contributed by atoms with Gasteiger partial charge in [-0.3, -0.25) is 9.59 Å². The molecule has 1 spiro atoms. The molecule has 0 radical (unpaired) electrons. The Labute approximate surface area is 164 Å². The van der Waals surface area contributed by atoms with Crippen LogP contribution in [0.5, 0.6) is 11.5 Å². The lowest BCUT2D eigenvalue weighted by molar-refractivity contribution is -0.139. The molecule has 1 aromatic carbocycles. The second-order valence-corrected chi connectivity index (χ2v) is 7.24. The summed E-state index contributed by atoms with van der Waals surface area (Å²) >= 11 is 0. The number of nitrogens with one attached hydrogen (secondary N) is 1. The molecule has 1 amide bonds. The van der Waals surface area contributed by atoms with E-state index < -0.39 is 35.5 Å². The van der Waals surface area contributed by atoms with E-state index in [4.69, 9.17) is 9.47 Å². The summed E-state index contributed by atoms with van der Waals surface area (Å²) < 4.78 is 51.2. The van der Waals surface area contributed by atoms with Gasteiger partial charge in [0.2, 0.25) is 5.91 Å². The lowest BCUT2D eigenvalue weighted by atomic mass is 9.94. The molecule has 2 heterocycles. The number of hydrogen-bond acceptors (Lipinski definition) is 4. The summed E-state index contributed by atoms with van der Waals surface area (Å²) in [5.74, 6) is -0.160. The Bertz CT molecular complexity index is 994. The van der Waals surface area contributed by atoms with Crippen LogP contribution >= 0.6 is 0 Å². The zero-order valence-corrected chi connectivity index (χ0v) is 15.4. The van der Waals surface area contributed by atoms with E-state index in [0.29, 0.717) is 23.3 Å². The first kappa shape index (κ1) is 19.4. The molecule has 0 bridgehead atoms. The van der Waals surface area contributed by atoms with Crippen molar-refractivity contribution in [2.24, 2.45) is 0 Å². The van der Waals surface area contributed by atoms with Crippen LogP contribution < -0.4 is 20.3 Å². The van der Waals surface area contributed by atoms with Gasteiger partial charge in [0.05, 0.1) is 0 Å². The number of aromatic nitrogens is 1. The lowest BCUT2D eigenvalue weighted by Crippen LogP contribution is -2.40. The van der Waals surface area contributed by atoms with Crippen LogP contribution in [-0.2, 0) is 17.5 Å². The summed E-state index contributed by atoms with van der Waals surface area (Å²) in [4.78, 5) is 24.2. The van der Waals surface area contributed by atoms with Crippen molar-refractivity contribution in [1.29, 1.82) is 0 Å². The van der Waals surface area contributed by atoms with Gasteiger partial charge in [0.1, 0.15) is 12.1 Å². The Kier molecular flexibility index (Phi) is 4.76. The molecule has 0 unspecified atom stereocenters. The average molecular weight is 408 g/mol. The van der Waals surface area contributed by atoms with E-state index in [2.05, 4.69) is 5.32 Å². The van der Waals surface area contributed by atoms with E-state index in [1.165, 1.54) is 0 Å². The molecule has 29 heavy (non-hydrogen) atoms. The molecule has 2 aromatic rings. The first-order valence-electron chi connectivity index (χ1n) is 9.34. The van der Waals surface area contributed by atoms with Gasteiger partial charge in [-0.05, 0) is 37.1 Å². The number of alkyl halides is 3. The zero-order chi connectivity index (χ0) is 20.6. The Hall–Kier alpha value is -2.97. The Morgan fingerprint density at radius 3 is 2.55 bits per heavy atom. The highest BCUT2D eigenvalue weighted by atomic mass is 19.4. The molecule has 9 heteroatoms. The first-order chi connectivity index (χ1) is 13.8. The third kappa shape index (κ3) is 3.94. The summed E-state index contributed by atoms with van der Waals surface area (Å²) in [5, 5.41) is 2.58. The summed E-state index contributed by atoms with van der Waals surface area (Å²) in [7, 11) is 0. The topological polar surface area (TPSA) is 69.6 Å². The predicted molar refractivity (Wildman–Crippen MR) is 97.8 cm³/mol. The second kappa shape index (κ2) is 7.13. The molecule has 2 aliphatic rings. The fourth-order valence-corrected chi connectivity index (χ4v) is 3.70. The highest BCUT2D eigenvalue weighted by Gasteiger charge is 2.42. The summed E-state index contributed by atoms with van der Waals surface area (Å²) in [6.45, 7) is -0.541. The Balaban J connectivity index is 1.46. The fourth-order valence-electron chi connectivity index (χ4n) is 3.70. The normalized spacial score (nSPS) is 17.3. The SMILES string of the molecule is O=C(Cn1cccc(C(F)(F)F)c1=O)Nc1ccc2c(c1)OC1(CCCCC1)O2. The van der Waals surface area contributed by atoms with Gasteiger partial charge in [0.15, 0.2) is 11.5 Å². The molecule has 1 aromatic heterocycles. The van der Waals surface area contributed by atoms with Crippen molar-refractivity contribution in [3.63, 3.8) is 0 Å². The van der Waals surface area contributed by atoms with Crippen molar-refractivity contribution in [1.82, 2.24) is 4.57 Å². The molecule has 1 N–H and O–H groups in total. The maximum atomic E-state index is 12.9. The number of fused-ring (bicyclic) bond motifs is 1. The lowest BCUT2D eigenvalue weighted by Gasteiger charge is -2.31. The van der Waals surface area contributed by atoms with Gasteiger partial charge in [-0.25, -0.2) is 0 Å². The van der Waals surface area contributed by atoms with Gasteiger partial charge >= 0.3 is 6.18 Å². The molecule has 4 rings (SSSR count). The molecule has 1 aliphatic heterocycles. The van der Waals surface area contributed by atoms with E-state index >= 15 is 0 Å². The van der Waals surface area contributed by atoms with Crippen LogP contribution in [0.25, 0.3) is 0 Å². The number of carbonyl (C=O) groups excluding carboxylic acids is 1. The standard InChI is InChI=1S/C20H19F3N2O4/c21-20(22,23)14-5-4-10-25(18(14)27)12-17(26)24-13-6-7-15-16(11-13)29-19(28-15)8-2-1-3-9-19/h4-7,10-11H,1-3,8-9,12H2,(H,24,26). The third-order valence-electron chi connectivity index (χ3n) is 5.07. The molecule has 0 atom stereocenters. The third-order valence-corrected chi connectivity index (χ3v) is 5.07. The van der Waals surface area contributed by atoms with E-state index in [0.717, 1.165) is 48.9 Å². The maximum Gasteiger partial charge on any atom is 0.421 e. The minimum Gasteiger partial charge on any atom is -0.448 e. The van der Waals surface area contributed by atoms with Crippen LogP contribution in [0.2, 0.25) is 0 Å². The Morgan fingerprint density at radius 2 is 1.83 bits per heavy atom. The van der Waals surface area contributed by atoms with Crippen LogP contribution in [0.1, 0.15) is 37.7 Å². The molecule has 0 saturated heterocycles. The maximum absolute atomic E-state index is 12.9. The molecule has 1 aliphatic carbocycles. The summed E-state index contributed by atoms with van der Waals surface area (Å²) in [6, 6.07) is 6.70. The molecule has 154 valence electrons. The molecule has 1 saturated carbocycles. The van der Waals surface area contributed by atoms with Gasteiger partial charge in [-0.2, -0.15) is 13.2 Å². The largest absolute Gasteiger partial charge is 0.448 e. The molecular formula is C20H19F3N2O4. The number of carbonyl (C=O) groups is 1. The number of halogens is 3. The number of ether oxygens (including phenoxy) is 2. The van der Waals surface area contributed by atoms with Crippen LogP contribution in [-0.4, -0.2) is 16.3 Å². The van der Waals surface area contributed by atoms with E-state index in [9.17, 15) is 22.8 Å². The van der Waals surface area contributed by atoms with E-state index in [1.807, 2.05) is 0 Å². The number of anilines is 1. The van der Waals surface area contributed by atoms with Crippen LogP contribution in [0.15, 0.2) is 41.3 Å². The van der Waals surface area contributed by atoms with Crippen LogP contribution in [0.4, 0.5) is 18.9 Å². The number of rotatable bonds is 3. The molecule has 6 nitrogen and oxygen atoms in total. The molecule has 1 fully saturated rings. The highest BCUT2D eigenvalue weighted by Crippen LogP contribution is 2.46. The first-order valence-corrected chi connectivity index (χ1v) is 9.34. The van der Waals surface area contributed by atoms with Crippen molar-refractivity contribution in [3.8, 4) is 11.5 Å². The van der Waals surface area contributed by atoms with E-state index in [1.54, 1.807) is 18.2 Å². The van der Waals surface area contributed by atoms with Crippen molar-refractivity contribution in [3.05, 3.63) is 52.4 Å². The minimum atomic E-state index is -4.77. The van der Waals surface area contributed by atoms with Crippen molar-refractivity contribution in [2.45, 2.75) is 50.6 Å². The summed E-state index contributed by atoms with van der Waals surface area (Å²) in [6.07, 6.45) is 1.13. The average Bonchev–Trinajstić information content (AvgIpc) is 2.99. The van der Waals surface area contributed by atoms with Crippen LogP contribution in [0, 0.1) is 0 Å². The molecular weight excluding hydrogens is 389 g/mol. The minimum absolute atomic E-state index is 0.408. The number of nitrogens with zero attached hydrogens (tertiary/aromatic N) is 1. The number of pyridine rings is 1. The predicted octanol–water partition coefficient (Wildman–Crippen LogP) is 3.94. The van der Waals surface area contributed by atoms with Crippen molar-refractivity contribution >= 4 is 11.6 Å². The monoisotopic (exact) mass is 408 g/mol. The number of hydrogen-bond donors (Lipinski definition) is 1. The van der Waals surface area contributed by atoms with Gasteiger partial charge in [-0.1, -0.05) is 6.42 Å².